The Hall–Kier alpha value is -1.74. The van der Waals surface area contributed by atoms with Gasteiger partial charge in [-0.05, 0) is 31.2 Å². The molecule has 2 aromatic rings. The summed E-state index contributed by atoms with van der Waals surface area (Å²) in [5.41, 5.74) is 3.80. The van der Waals surface area contributed by atoms with Crippen LogP contribution in [0.4, 0.5) is 5.69 Å². The van der Waals surface area contributed by atoms with Crippen LogP contribution >= 0.6 is 0 Å². The first-order valence-corrected chi connectivity index (χ1v) is 6.74. The van der Waals surface area contributed by atoms with Gasteiger partial charge >= 0.3 is 0 Å². The molecule has 1 aromatic carbocycles. The van der Waals surface area contributed by atoms with Crippen LogP contribution in [0.2, 0.25) is 0 Å². The van der Waals surface area contributed by atoms with Gasteiger partial charge in [0.1, 0.15) is 0 Å². The Morgan fingerprint density at radius 3 is 2.68 bits per heavy atom. The molecule has 3 nitrogen and oxygen atoms in total. The van der Waals surface area contributed by atoms with Crippen molar-refractivity contribution >= 4 is 5.69 Å². The van der Waals surface area contributed by atoms with Gasteiger partial charge in [0.15, 0.2) is 0 Å². The number of furan rings is 1. The minimum atomic E-state index is 0.392. The lowest BCUT2D eigenvalue weighted by molar-refractivity contribution is 0.563. The molecule has 3 heteroatoms. The van der Waals surface area contributed by atoms with Gasteiger partial charge in [0, 0.05) is 30.9 Å². The molecule has 0 bridgehead atoms. The van der Waals surface area contributed by atoms with E-state index in [0.717, 1.165) is 13.0 Å². The molecule has 0 radical (unpaired) electrons. The summed E-state index contributed by atoms with van der Waals surface area (Å²) < 4.78 is 5.13. The lowest BCUT2D eigenvalue weighted by Gasteiger charge is -2.25. The molecule has 19 heavy (non-hydrogen) atoms. The van der Waals surface area contributed by atoms with Crippen LogP contribution in [0.25, 0.3) is 0 Å². The van der Waals surface area contributed by atoms with Crippen LogP contribution in [0, 0.1) is 0 Å². The maximum absolute atomic E-state index is 5.13. The number of benzene rings is 1. The second-order valence-corrected chi connectivity index (χ2v) is 4.80. The molecule has 1 atom stereocenters. The highest BCUT2D eigenvalue weighted by atomic mass is 16.3. The van der Waals surface area contributed by atoms with Crippen molar-refractivity contribution in [2.75, 3.05) is 19.0 Å². The molecule has 0 amide bonds. The first-order valence-electron chi connectivity index (χ1n) is 6.74. The third-order valence-electron chi connectivity index (χ3n) is 3.48. The zero-order chi connectivity index (χ0) is 13.7. The van der Waals surface area contributed by atoms with Crippen LogP contribution in [-0.4, -0.2) is 14.1 Å². The minimum absolute atomic E-state index is 0.392. The molecule has 1 heterocycles. The van der Waals surface area contributed by atoms with E-state index in [1.165, 1.54) is 16.8 Å². The molecule has 1 N–H and O–H groups in total. The predicted octanol–water partition coefficient (Wildman–Crippen LogP) is 3.59. The van der Waals surface area contributed by atoms with Crippen molar-refractivity contribution < 1.29 is 4.42 Å². The molecule has 0 saturated heterocycles. The van der Waals surface area contributed by atoms with E-state index in [1.807, 2.05) is 13.1 Å². The molecule has 1 unspecified atom stereocenters. The van der Waals surface area contributed by atoms with Gasteiger partial charge in [-0.2, -0.15) is 0 Å². The summed E-state index contributed by atoms with van der Waals surface area (Å²) in [4.78, 5) is 2.26. The van der Waals surface area contributed by atoms with E-state index in [0.29, 0.717) is 6.04 Å². The average Bonchev–Trinajstić information content (AvgIpc) is 2.93. The van der Waals surface area contributed by atoms with Crippen molar-refractivity contribution in [1.29, 1.82) is 0 Å². The molecular formula is C16H22N2O. The van der Waals surface area contributed by atoms with Crippen molar-refractivity contribution in [2.45, 2.75) is 25.9 Å². The molecule has 0 aliphatic heterocycles. The van der Waals surface area contributed by atoms with Crippen LogP contribution < -0.4 is 10.2 Å². The highest BCUT2D eigenvalue weighted by Gasteiger charge is 2.14. The van der Waals surface area contributed by atoms with Gasteiger partial charge in [0.25, 0.3) is 0 Å². The smallest absolute Gasteiger partial charge is 0.0952 e. The Kier molecular flexibility index (Phi) is 4.63. The molecule has 102 valence electrons. The number of nitrogens with zero attached hydrogens (tertiary/aromatic N) is 1. The quantitative estimate of drug-likeness (QED) is 0.858. The number of hydrogen-bond donors (Lipinski definition) is 1. The zero-order valence-corrected chi connectivity index (χ0v) is 11.9. The fourth-order valence-corrected chi connectivity index (χ4v) is 2.45. The maximum Gasteiger partial charge on any atom is 0.0952 e. The molecule has 0 aliphatic rings. The van der Waals surface area contributed by atoms with Crippen LogP contribution in [-0.2, 0) is 6.54 Å². The third-order valence-corrected chi connectivity index (χ3v) is 3.48. The predicted molar refractivity (Wildman–Crippen MR) is 79.3 cm³/mol. The second-order valence-electron chi connectivity index (χ2n) is 4.80. The van der Waals surface area contributed by atoms with Crippen molar-refractivity contribution in [3.05, 3.63) is 54.0 Å². The van der Waals surface area contributed by atoms with Gasteiger partial charge in [-0.3, -0.25) is 0 Å². The molecule has 1 aromatic heterocycles. The van der Waals surface area contributed by atoms with E-state index in [-0.39, 0.29) is 0 Å². The number of rotatable bonds is 6. The first-order chi connectivity index (χ1) is 9.26. The van der Waals surface area contributed by atoms with Crippen LogP contribution in [0.5, 0.6) is 0 Å². The van der Waals surface area contributed by atoms with Gasteiger partial charge in [0.05, 0.1) is 12.5 Å². The van der Waals surface area contributed by atoms with E-state index >= 15 is 0 Å². The Balaban J connectivity index is 2.23. The normalized spacial score (nSPS) is 12.4. The summed E-state index contributed by atoms with van der Waals surface area (Å²) >= 11 is 0. The Morgan fingerprint density at radius 1 is 1.26 bits per heavy atom. The topological polar surface area (TPSA) is 28.4 Å². The SMILES string of the molecule is CCC(NC)c1ccccc1N(C)Cc1ccoc1. The summed E-state index contributed by atoms with van der Waals surface area (Å²) in [5.74, 6) is 0. The second kappa shape index (κ2) is 6.43. The molecule has 2 rings (SSSR count). The molecule has 0 spiro atoms. The number of anilines is 1. The van der Waals surface area contributed by atoms with Gasteiger partial charge in [-0.1, -0.05) is 25.1 Å². The van der Waals surface area contributed by atoms with E-state index in [2.05, 4.69) is 48.5 Å². The standard InChI is InChI=1S/C16H22N2O/c1-4-15(17-2)14-7-5-6-8-16(14)18(3)11-13-9-10-19-12-13/h5-10,12,15,17H,4,11H2,1-3H3. The Bertz CT molecular complexity index is 489. The number of para-hydroxylation sites is 1. The Morgan fingerprint density at radius 2 is 2.05 bits per heavy atom. The van der Waals surface area contributed by atoms with Gasteiger partial charge in [0.2, 0.25) is 0 Å². The fraction of sp³-hybridized carbons (Fsp3) is 0.375. The molecule has 0 aliphatic carbocycles. The van der Waals surface area contributed by atoms with Crippen molar-refractivity contribution in [2.24, 2.45) is 0 Å². The summed E-state index contributed by atoms with van der Waals surface area (Å²) in [7, 11) is 4.13. The lowest BCUT2D eigenvalue weighted by Crippen LogP contribution is -2.22. The number of nitrogens with one attached hydrogen (secondary N) is 1. The third kappa shape index (κ3) is 3.18. The largest absolute Gasteiger partial charge is 0.472 e. The number of hydrogen-bond acceptors (Lipinski definition) is 3. The summed E-state index contributed by atoms with van der Waals surface area (Å²) in [5, 5.41) is 3.38. The van der Waals surface area contributed by atoms with Crippen LogP contribution in [0.1, 0.15) is 30.5 Å². The highest BCUT2D eigenvalue weighted by molar-refractivity contribution is 5.54. The monoisotopic (exact) mass is 258 g/mol. The molecule has 0 saturated carbocycles. The van der Waals surface area contributed by atoms with E-state index in [4.69, 9.17) is 4.42 Å². The van der Waals surface area contributed by atoms with Gasteiger partial charge in [-0.15, -0.1) is 0 Å². The van der Waals surface area contributed by atoms with Crippen molar-refractivity contribution in [3.63, 3.8) is 0 Å². The fourth-order valence-electron chi connectivity index (χ4n) is 2.45. The van der Waals surface area contributed by atoms with Gasteiger partial charge in [-0.25, -0.2) is 0 Å². The lowest BCUT2D eigenvalue weighted by atomic mass is 10.0. The van der Waals surface area contributed by atoms with Gasteiger partial charge < -0.3 is 14.6 Å². The molecule has 0 fully saturated rings. The molecular weight excluding hydrogens is 236 g/mol. The Labute approximate surface area is 115 Å². The van der Waals surface area contributed by atoms with Crippen LogP contribution in [0.3, 0.4) is 0 Å². The minimum Gasteiger partial charge on any atom is -0.472 e. The van der Waals surface area contributed by atoms with E-state index in [9.17, 15) is 0 Å². The first kappa shape index (κ1) is 13.7. The van der Waals surface area contributed by atoms with E-state index in [1.54, 1.807) is 12.5 Å². The average molecular weight is 258 g/mol. The van der Waals surface area contributed by atoms with Crippen molar-refractivity contribution in [3.8, 4) is 0 Å². The summed E-state index contributed by atoms with van der Waals surface area (Å²) in [6, 6.07) is 11.0. The van der Waals surface area contributed by atoms with Crippen LogP contribution in [0.15, 0.2) is 47.3 Å². The van der Waals surface area contributed by atoms with E-state index < -0.39 is 0 Å². The highest BCUT2D eigenvalue weighted by Crippen LogP contribution is 2.28. The summed E-state index contributed by atoms with van der Waals surface area (Å²) in [6.45, 7) is 3.06. The van der Waals surface area contributed by atoms with Crippen molar-refractivity contribution in [1.82, 2.24) is 5.32 Å². The maximum atomic E-state index is 5.13. The summed E-state index contributed by atoms with van der Waals surface area (Å²) in [6.07, 6.45) is 4.60. The zero-order valence-electron chi connectivity index (χ0n) is 11.9.